The molecule has 1 fully saturated rings. The average molecular weight is 389 g/mol. The van der Waals surface area contributed by atoms with E-state index in [1.54, 1.807) is 0 Å². The molecule has 0 radical (unpaired) electrons. The molecule has 1 aromatic rings. The molecule has 1 atom stereocenters. The Morgan fingerprint density at radius 2 is 2.11 bits per heavy atom. The molecule has 0 saturated carbocycles. The largest absolute Gasteiger partial charge is 0.381 e. The second kappa shape index (κ2) is 11.7. The fraction of sp³-hybridized carbons (Fsp3) is 0.636. The zero-order valence-electron chi connectivity index (χ0n) is 17.8. The van der Waals surface area contributed by atoms with Gasteiger partial charge in [-0.1, -0.05) is 26.0 Å². The lowest BCUT2D eigenvalue weighted by Crippen LogP contribution is -2.39. The smallest absolute Gasteiger partial charge is 0.227 e. The number of benzene rings is 1. The summed E-state index contributed by atoms with van der Waals surface area (Å²) in [4.78, 5) is 18.7. The van der Waals surface area contributed by atoms with Crippen molar-refractivity contribution in [3.8, 4) is 0 Å². The summed E-state index contributed by atoms with van der Waals surface area (Å²) in [7, 11) is 3.90. The summed E-state index contributed by atoms with van der Waals surface area (Å²) in [5.74, 6) is 1.72. The standard InChI is InChI=1S/C22H36N4O2/c1-5-17(2)21(27)25-20-8-6-7-19(15-20)16-24-22(23-3)26(4)12-9-18-10-13-28-14-11-18/h6-8,15,17-18H,5,9-14,16H2,1-4H3,(H,23,24)(H,25,27). The third kappa shape index (κ3) is 7.15. The third-order valence-corrected chi connectivity index (χ3v) is 5.49. The molecule has 0 aromatic heterocycles. The van der Waals surface area contributed by atoms with E-state index in [4.69, 9.17) is 4.74 Å². The van der Waals surface area contributed by atoms with E-state index in [0.29, 0.717) is 6.54 Å². The van der Waals surface area contributed by atoms with Gasteiger partial charge in [-0.2, -0.15) is 0 Å². The number of hydrogen-bond donors (Lipinski definition) is 2. The van der Waals surface area contributed by atoms with Crippen molar-refractivity contribution < 1.29 is 9.53 Å². The molecule has 1 aliphatic heterocycles. The van der Waals surface area contributed by atoms with E-state index >= 15 is 0 Å². The van der Waals surface area contributed by atoms with Crippen molar-refractivity contribution in [1.29, 1.82) is 0 Å². The Morgan fingerprint density at radius 3 is 2.79 bits per heavy atom. The van der Waals surface area contributed by atoms with E-state index in [1.165, 1.54) is 0 Å². The van der Waals surface area contributed by atoms with Gasteiger partial charge in [0.2, 0.25) is 5.91 Å². The summed E-state index contributed by atoms with van der Waals surface area (Å²) in [5, 5.41) is 6.42. The minimum atomic E-state index is 0.0185. The fourth-order valence-electron chi connectivity index (χ4n) is 3.29. The number of nitrogens with zero attached hydrogens (tertiary/aromatic N) is 2. The van der Waals surface area contributed by atoms with Gasteiger partial charge in [0.25, 0.3) is 0 Å². The minimum Gasteiger partial charge on any atom is -0.381 e. The quantitative estimate of drug-likeness (QED) is 0.528. The Hall–Kier alpha value is -2.08. The first-order chi connectivity index (χ1) is 13.5. The van der Waals surface area contributed by atoms with Crippen LogP contribution in [0.2, 0.25) is 0 Å². The maximum atomic E-state index is 12.1. The molecule has 0 aliphatic carbocycles. The summed E-state index contributed by atoms with van der Waals surface area (Å²) in [6.07, 6.45) is 4.32. The van der Waals surface area contributed by atoms with E-state index in [1.807, 2.05) is 39.1 Å². The highest BCUT2D eigenvalue weighted by atomic mass is 16.5. The second-order valence-corrected chi connectivity index (χ2v) is 7.67. The number of rotatable bonds is 8. The van der Waals surface area contributed by atoms with Crippen LogP contribution in [0.15, 0.2) is 29.3 Å². The van der Waals surface area contributed by atoms with Gasteiger partial charge >= 0.3 is 0 Å². The molecule has 6 nitrogen and oxygen atoms in total. The molecular weight excluding hydrogens is 352 g/mol. The maximum Gasteiger partial charge on any atom is 0.227 e. The Labute approximate surface area is 169 Å². The Morgan fingerprint density at radius 1 is 1.36 bits per heavy atom. The average Bonchev–Trinajstić information content (AvgIpc) is 2.73. The van der Waals surface area contributed by atoms with E-state index in [0.717, 1.165) is 68.6 Å². The molecule has 6 heteroatoms. The van der Waals surface area contributed by atoms with E-state index in [9.17, 15) is 4.79 Å². The molecule has 2 rings (SSSR count). The van der Waals surface area contributed by atoms with Crippen LogP contribution in [0.5, 0.6) is 0 Å². The number of nitrogens with one attached hydrogen (secondary N) is 2. The molecule has 156 valence electrons. The summed E-state index contributed by atoms with van der Waals surface area (Å²) in [6.45, 7) is 7.41. The second-order valence-electron chi connectivity index (χ2n) is 7.67. The van der Waals surface area contributed by atoms with E-state index < -0.39 is 0 Å². The van der Waals surface area contributed by atoms with Gasteiger partial charge in [0.1, 0.15) is 0 Å². The lowest BCUT2D eigenvalue weighted by atomic mass is 9.96. The molecule has 1 aliphatic rings. The van der Waals surface area contributed by atoms with Crippen LogP contribution in [0.3, 0.4) is 0 Å². The van der Waals surface area contributed by atoms with Crippen LogP contribution in [0.25, 0.3) is 0 Å². The highest BCUT2D eigenvalue weighted by molar-refractivity contribution is 5.92. The zero-order valence-corrected chi connectivity index (χ0v) is 17.8. The molecule has 2 N–H and O–H groups in total. The molecule has 28 heavy (non-hydrogen) atoms. The van der Waals surface area contributed by atoms with Crippen molar-refractivity contribution in [3.05, 3.63) is 29.8 Å². The summed E-state index contributed by atoms with van der Waals surface area (Å²) >= 11 is 0. The summed E-state index contributed by atoms with van der Waals surface area (Å²) in [5.41, 5.74) is 1.95. The lowest BCUT2D eigenvalue weighted by molar-refractivity contribution is -0.119. The van der Waals surface area contributed by atoms with Crippen molar-refractivity contribution in [2.24, 2.45) is 16.8 Å². The minimum absolute atomic E-state index is 0.0185. The van der Waals surface area contributed by atoms with Crippen LogP contribution in [-0.2, 0) is 16.1 Å². The lowest BCUT2D eigenvalue weighted by Gasteiger charge is -2.27. The van der Waals surface area contributed by atoms with Crippen LogP contribution in [-0.4, -0.2) is 50.6 Å². The zero-order chi connectivity index (χ0) is 20.4. The first-order valence-electron chi connectivity index (χ1n) is 10.4. The molecule has 1 heterocycles. The number of hydrogen-bond acceptors (Lipinski definition) is 3. The fourth-order valence-corrected chi connectivity index (χ4v) is 3.29. The SMILES string of the molecule is CCC(C)C(=O)Nc1cccc(CNC(=NC)N(C)CCC2CCOCC2)c1. The highest BCUT2D eigenvalue weighted by Crippen LogP contribution is 2.18. The summed E-state index contributed by atoms with van der Waals surface area (Å²) < 4.78 is 5.44. The molecule has 0 bridgehead atoms. The van der Waals surface area contributed by atoms with Crippen molar-refractivity contribution in [3.63, 3.8) is 0 Å². The molecule has 1 unspecified atom stereocenters. The van der Waals surface area contributed by atoms with Gasteiger partial charge in [0, 0.05) is 52.0 Å². The number of aliphatic imine (C=N–C) groups is 1. The number of carbonyl (C=O) groups excluding carboxylic acids is 1. The Balaban J connectivity index is 1.83. The van der Waals surface area contributed by atoms with Gasteiger partial charge in [0.15, 0.2) is 5.96 Å². The van der Waals surface area contributed by atoms with Crippen LogP contribution in [0, 0.1) is 11.8 Å². The number of anilines is 1. The Bertz CT molecular complexity index is 641. The Kier molecular flexibility index (Phi) is 9.28. The molecule has 1 saturated heterocycles. The van der Waals surface area contributed by atoms with E-state index in [-0.39, 0.29) is 11.8 Å². The van der Waals surface area contributed by atoms with Gasteiger partial charge in [-0.25, -0.2) is 0 Å². The first kappa shape index (κ1) is 22.2. The van der Waals surface area contributed by atoms with Crippen molar-refractivity contribution >= 4 is 17.6 Å². The summed E-state index contributed by atoms with van der Waals surface area (Å²) in [6, 6.07) is 7.98. The van der Waals surface area contributed by atoms with Crippen LogP contribution < -0.4 is 10.6 Å². The number of guanidine groups is 1. The normalized spacial score (nSPS) is 16.5. The first-order valence-corrected chi connectivity index (χ1v) is 10.4. The predicted molar refractivity (Wildman–Crippen MR) is 116 cm³/mol. The van der Waals surface area contributed by atoms with Gasteiger partial charge in [0.05, 0.1) is 0 Å². The van der Waals surface area contributed by atoms with Gasteiger partial charge in [-0.05, 0) is 49.3 Å². The maximum absolute atomic E-state index is 12.1. The topological polar surface area (TPSA) is 66.0 Å². The van der Waals surface area contributed by atoms with Crippen molar-refractivity contribution in [2.45, 2.75) is 46.1 Å². The van der Waals surface area contributed by atoms with Crippen LogP contribution >= 0.6 is 0 Å². The van der Waals surface area contributed by atoms with Crippen molar-refractivity contribution in [1.82, 2.24) is 10.2 Å². The third-order valence-electron chi connectivity index (χ3n) is 5.49. The van der Waals surface area contributed by atoms with E-state index in [2.05, 4.69) is 33.6 Å². The van der Waals surface area contributed by atoms with Gasteiger partial charge < -0.3 is 20.3 Å². The predicted octanol–water partition coefficient (Wildman–Crippen LogP) is 3.50. The van der Waals surface area contributed by atoms with Gasteiger partial charge in [-0.3, -0.25) is 9.79 Å². The number of ether oxygens (including phenoxy) is 1. The molecule has 0 spiro atoms. The van der Waals surface area contributed by atoms with Crippen LogP contribution in [0.1, 0.15) is 45.1 Å². The number of carbonyl (C=O) groups is 1. The highest BCUT2D eigenvalue weighted by Gasteiger charge is 2.15. The molecular formula is C22H36N4O2. The molecule has 1 amide bonds. The van der Waals surface area contributed by atoms with Gasteiger partial charge in [-0.15, -0.1) is 0 Å². The molecule has 1 aromatic carbocycles. The van der Waals surface area contributed by atoms with Crippen molar-refractivity contribution in [2.75, 3.05) is 39.2 Å². The van der Waals surface area contributed by atoms with Crippen LogP contribution in [0.4, 0.5) is 5.69 Å². The monoisotopic (exact) mass is 388 g/mol. The number of amides is 1.